The van der Waals surface area contributed by atoms with Gasteiger partial charge in [-0.1, -0.05) is 72.8 Å². The Hall–Kier alpha value is -3.60. The van der Waals surface area contributed by atoms with Crippen molar-refractivity contribution in [2.45, 2.75) is 31.9 Å². The van der Waals surface area contributed by atoms with Crippen LogP contribution >= 0.6 is 0 Å². The number of benzene rings is 3. The maximum Gasteiger partial charge on any atom is 0.267 e. The summed E-state index contributed by atoms with van der Waals surface area (Å²) in [5.74, 6) is 0.397. The summed E-state index contributed by atoms with van der Waals surface area (Å²) in [7, 11) is 0. The van der Waals surface area contributed by atoms with E-state index in [0.29, 0.717) is 11.4 Å². The molecule has 158 valence electrons. The third-order valence-corrected chi connectivity index (χ3v) is 5.73. The average molecular weight is 415 g/mol. The van der Waals surface area contributed by atoms with Crippen LogP contribution in [0.1, 0.15) is 31.4 Å². The maximum absolute atomic E-state index is 13.1. The Morgan fingerprint density at radius 3 is 2.10 bits per heavy atom. The van der Waals surface area contributed by atoms with Crippen molar-refractivity contribution in [3.8, 4) is 5.75 Å². The highest BCUT2D eigenvalue weighted by atomic mass is 16.5. The molecule has 1 aliphatic rings. The molecular formula is C26H26N2O3. The molecule has 0 aromatic heterocycles. The van der Waals surface area contributed by atoms with Crippen LogP contribution < -0.4 is 15.0 Å². The van der Waals surface area contributed by atoms with Crippen LogP contribution in [0.3, 0.4) is 0 Å². The van der Waals surface area contributed by atoms with Gasteiger partial charge in [0.25, 0.3) is 5.91 Å². The van der Waals surface area contributed by atoms with E-state index in [1.807, 2.05) is 91.9 Å². The molecule has 0 fully saturated rings. The molecular weight excluding hydrogens is 388 g/mol. The first-order valence-electron chi connectivity index (χ1n) is 10.5. The molecule has 1 heterocycles. The van der Waals surface area contributed by atoms with Gasteiger partial charge in [0.2, 0.25) is 5.91 Å². The van der Waals surface area contributed by atoms with Gasteiger partial charge in [0.1, 0.15) is 5.75 Å². The molecule has 0 bridgehead atoms. The Bertz CT molecular complexity index is 1030. The first-order valence-corrected chi connectivity index (χ1v) is 10.5. The number of hydrogen-bond acceptors (Lipinski definition) is 3. The smallest absolute Gasteiger partial charge is 0.267 e. The van der Waals surface area contributed by atoms with Gasteiger partial charge in [0.05, 0.1) is 11.2 Å². The topological polar surface area (TPSA) is 58.6 Å². The quantitative estimate of drug-likeness (QED) is 0.655. The fourth-order valence-electron chi connectivity index (χ4n) is 4.00. The molecule has 3 aromatic carbocycles. The summed E-state index contributed by atoms with van der Waals surface area (Å²) in [6.07, 6.45) is -0.390. The van der Waals surface area contributed by atoms with Crippen LogP contribution in [0.15, 0.2) is 84.9 Å². The molecule has 5 heteroatoms. The van der Waals surface area contributed by atoms with Crippen molar-refractivity contribution < 1.29 is 14.3 Å². The number of hydrogen-bond donors (Lipinski definition) is 1. The first kappa shape index (κ1) is 20.7. The molecule has 0 radical (unpaired) electrons. The first-order chi connectivity index (χ1) is 15.0. The van der Waals surface area contributed by atoms with Crippen LogP contribution in [-0.2, 0) is 15.1 Å². The second-order valence-electron chi connectivity index (χ2n) is 7.87. The van der Waals surface area contributed by atoms with Crippen molar-refractivity contribution in [2.24, 2.45) is 0 Å². The van der Waals surface area contributed by atoms with Gasteiger partial charge in [-0.05, 0) is 37.1 Å². The average Bonchev–Trinajstić information content (AvgIpc) is 2.80. The monoisotopic (exact) mass is 414 g/mol. The molecule has 1 atom stereocenters. The summed E-state index contributed by atoms with van der Waals surface area (Å²) in [5.41, 5.74) is 2.01. The SMILES string of the molecule is CC1Oc2ccccc2N(CCC(=O)NC(C)(c2ccccc2)c2ccccc2)C1=O. The number of para-hydroxylation sites is 2. The lowest BCUT2D eigenvalue weighted by Crippen LogP contribution is -2.48. The van der Waals surface area contributed by atoms with Crippen molar-refractivity contribution >= 4 is 17.5 Å². The van der Waals surface area contributed by atoms with Crippen molar-refractivity contribution in [2.75, 3.05) is 11.4 Å². The number of rotatable bonds is 6. The second-order valence-corrected chi connectivity index (χ2v) is 7.87. The molecule has 0 aliphatic carbocycles. The number of carbonyl (C=O) groups is 2. The lowest BCUT2D eigenvalue weighted by Gasteiger charge is -2.34. The van der Waals surface area contributed by atoms with Gasteiger partial charge >= 0.3 is 0 Å². The summed E-state index contributed by atoms with van der Waals surface area (Å²) in [5, 5.41) is 3.21. The molecule has 2 amide bonds. The van der Waals surface area contributed by atoms with Gasteiger partial charge in [0, 0.05) is 13.0 Å². The van der Waals surface area contributed by atoms with Gasteiger partial charge in [-0.3, -0.25) is 9.59 Å². The Morgan fingerprint density at radius 2 is 1.48 bits per heavy atom. The zero-order chi connectivity index (χ0) is 21.8. The number of carbonyl (C=O) groups excluding carboxylic acids is 2. The van der Waals surface area contributed by atoms with Gasteiger partial charge in [-0.25, -0.2) is 0 Å². The van der Waals surface area contributed by atoms with E-state index >= 15 is 0 Å². The molecule has 5 nitrogen and oxygen atoms in total. The van der Waals surface area contributed by atoms with Crippen LogP contribution in [0.2, 0.25) is 0 Å². The van der Waals surface area contributed by atoms with Crippen LogP contribution in [0, 0.1) is 0 Å². The van der Waals surface area contributed by atoms with Crippen LogP contribution in [-0.4, -0.2) is 24.5 Å². The van der Waals surface area contributed by atoms with Gasteiger partial charge in [0.15, 0.2) is 6.10 Å². The molecule has 1 N–H and O–H groups in total. The number of nitrogens with one attached hydrogen (secondary N) is 1. The summed E-state index contributed by atoms with van der Waals surface area (Å²) in [6.45, 7) is 4.02. The lowest BCUT2D eigenvalue weighted by atomic mass is 9.84. The Labute approximate surface area is 182 Å². The normalized spacial score (nSPS) is 15.7. The minimum Gasteiger partial charge on any atom is -0.479 e. The van der Waals surface area contributed by atoms with E-state index in [1.54, 1.807) is 11.8 Å². The maximum atomic E-state index is 13.1. The van der Waals surface area contributed by atoms with Gasteiger partial charge < -0.3 is 15.0 Å². The zero-order valence-corrected chi connectivity index (χ0v) is 17.7. The molecule has 0 spiro atoms. The van der Waals surface area contributed by atoms with E-state index < -0.39 is 11.6 Å². The number of fused-ring (bicyclic) bond motifs is 1. The van der Waals surface area contributed by atoms with Crippen LogP contribution in [0.4, 0.5) is 5.69 Å². The summed E-state index contributed by atoms with van der Waals surface area (Å²) >= 11 is 0. The molecule has 1 aliphatic heterocycles. The van der Waals surface area contributed by atoms with E-state index in [1.165, 1.54) is 0 Å². The predicted octanol–water partition coefficient (Wildman–Crippen LogP) is 4.27. The zero-order valence-electron chi connectivity index (χ0n) is 17.7. The Kier molecular flexibility index (Phi) is 5.76. The number of ether oxygens (including phenoxy) is 1. The van der Waals surface area contributed by atoms with Crippen LogP contribution in [0.5, 0.6) is 5.75 Å². The number of anilines is 1. The molecule has 0 saturated heterocycles. The van der Waals surface area contributed by atoms with Crippen molar-refractivity contribution in [3.63, 3.8) is 0 Å². The third-order valence-electron chi connectivity index (χ3n) is 5.73. The second kappa shape index (κ2) is 8.64. The van der Waals surface area contributed by atoms with Crippen molar-refractivity contribution in [1.29, 1.82) is 0 Å². The molecule has 1 unspecified atom stereocenters. The van der Waals surface area contributed by atoms with E-state index in [-0.39, 0.29) is 24.8 Å². The van der Waals surface area contributed by atoms with E-state index in [4.69, 9.17) is 4.74 Å². The van der Waals surface area contributed by atoms with Crippen molar-refractivity contribution in [3.05, 3.63) is 96.1 Å². The third kappa shape index (κ3) is 4.17. The van der Waals surface area contributed by atoms with E-state index in [0.717, 1.165) is 11.1 Å². The summed E-state index contributed by atoms with van der Waals surface area (Å²) < 4.78 is 5.69. The fraction of sp³-hybridized carbons (Fsp3) is 0.231. The predicted molar refractivity (Wildman–Crippen MR) is 121 cm³/mol. The van der Waals surface area contributed by atoms with Gasteiger partial charge in [-0.2, -0.15) is 0 Å². The van der Waals surface area contributed by atoms with Crippen molar-refractivity contribution in [1.82, 2.24) is 5.32 Å². The van der Waals surface area contributed by atoms with E-state index in [9.17, 15) is 9.59 Å². The summed E-state index contributed by atoms with van der Waals surface area (Å²) in [4.78, 5) is 27.4. The summed E-state index contributed by atoms with van der Waals surface area (Å²) in [6, 6.07) is 27.2. The molecule has 31 heavy (non-hydrogen) atoms. The van der Waals surface area contributed by atoms with Crippen LogP contribution in [0.25, 0.3) is 0 Å². The highest BCUT2D eigenvalue weighted by molar-refractivity contribution is 6.00. The van der Waals surface area contributed by atoms with Gasteiger partial charge in [-0.15, -0.1) is 0 Å². The molecule has 4 rings (SSSR count). The lowest BCUT2D eigenvalue weighted by molar-refractivity contribution is -0.125. The highest BCUT2D eigenvalue weighted by Crippen LogP contribution is 2.34. The largest absolute Gasteiger partial charge is 0.479 e. The standard InChI is InChI=1S/C26H26N2O3/c1-19-25(30)28(22-15-9-10-16-23(22)31-19)18-17-24(29)27-26(2,20-11-5-3-6-12-20)21-13-7-4-8-14-21/h3-16,19H,17-18H2,1-2H3,(H,27,29). The highest BCUT2D eigenvalue weighted by Gasteiger charge is 2.33. The molecule has 0 saturated carbocycles. The minimum atomic E-state index is -0.681. The molecule has 3 aromatic rings. The minimum absolute atomic E-state index is 0.125. The Balaban J connectivity index is 1.54. The number of amides is 2. The number of nitrogens with zero attached hydrogens (tertiary/aromatic N) is 1. The Morgan fingerprint density at radius 1 is 0.935 bits per heavy atom. The van der Waals surface area contributed by atoms with E-state index in [2.05, 4.69) is 5.32 Å². The fourth-order valence-corrected chi connectivity index (χ4v) is 4.00.